The minimum Gasteiger partial charge on any atom is -0.376 e. The van der Waals surface area contributed by atoms with Crippen LogP contribution in [0.3, 0.4) is 0 Å². The number of aromatic nitrogens is 1. The minimum absolute atomic E-state index is 0.0739. The summed E-state index contributed by atoms with van der Waals surface area (Å²) in [4.78, 5) is 26.7. The van der Waals surface area contributed by atoms with E-state index in [1.165, 1.54) is 6.20 Å². The first-order valence-corrected chi connectivity index (χ1v) is 5.86. The SMILES string of the molecule is CCCNC(=O)CNc1ccnc(C(=O)NC)c1. The number of nitrogens with one attached hydrogen (secondary N) is 3. The van der Waals surface area contributed by atoms with Crippen LogP contribution >= 0.6 is 0 Å². The second kappa shape index (κ2) is 7.26. The van der Waals surface area contributed by atoms with Crippen LogP contribution in [0.25, 0.3) is 0 Å². The fourth-order valence-electron chi connectivity index (χ4n) is 1.30. The second-order valence-corrected chi connectivity index (χ2v) is 3.71. The van der Waals surface area contributed by atoms with Crippen LogP contribution < -0.4 is 16.0 Å². The molecule has 6 nitrogen and oxygen atoms in total. The van der Waals surface area contributed by atoms with Gasteiger partial charge in [-0.2, -0.15) is 0 Å². The van der Waals surface area contributed by atoms with E-state index in [1.54, 1.807) is 19.2 Å². The molecule has 3 N–H and O–H groups in total. The molecule has 1 rings (SSSR count). The lowest BCUT2D eigenvalue weighted by molar-refractivity contribution is -0.119. The summed E-state index contributed by atoms with van der Waals surface area (Å²) in [6, 6.07) is 3.31. The van der Waals surface area contributed by atoms with E-state index in [0.29, 0.717) is 17.9 Å². The summed E-state index contributed by atoms with van der Waals surface area (Å²) in [6.07, 6.45) is 2.43. The number of rotatable bonds is 6. The number of pyridine rings is 1. The zero-order valence-electron chi connectivity index (χ0n) is 10.6. The predicted molar refractivity (Wildman–Crippen MR) is 69.4 cm³/mol. The van der Waals surface area contributed by atoms with Crippen molar-refractivity contribution in [3.63, 3.8) is 0 Å². The molecule has 0 saturated carbocycles. The van der Waals surface area contributed by atoms with Gasteiger partial charge in [0.25, 0.3) is 5.91 Å². The van der Waals surface area contributed by atoms with Gasteiger partial charge in [-0.25, -0.2) is 0 Å². The van der Waals surface area contributed by atoms with E-state index in [9.17, 15) is 9.59 Å². The molecule has 0 aliphatic heterocycles. The first kappa shape index (κ1) is 14.0. The van der Waals surface area contributed by atoms with E-state index in [2.05, 4.69) is 20.9 Å². The zero-order valence-corrected chi connectivity index (χ0v) is 10.6. The molecule has 6 heteroatoms. The van der Waals surface area contributed by atoms with Gasteiger partial charge in [0, 0.05) is 25.5 Å². The Bertz CT molecular complexity index is 420. The number of nitrogens with zero attached hydrogens (tertiary/aromatic N) is 1. The Hall–Kier alpha value is -2.11. The molecule has 0 atom stereocenters. The van der Waals surface area contributed by atoms with E-state index in [0.717, 1.165) is 6.42 Å². The highest BCUT2D eigenvalue weighted by molar-refractivity contribution is 5.93. The summed E-state index contributed by atoms with van der Waals surface area (Å²) < 4.78 is 0. The normalized spacial score (nSPS) is 9.67. The first-order valence-electron chi connectivity index (χ1n) is 5.86. The Morgan fingerprint density at radius 3 is 2.83 bits per heavy atom. The van der Waals surface area contributed by atoms with Gasteiger partial charge in [0.05, 0.1) is 6.54 Å². The Kier molecular flexibility index (Phi) is 5.63. The molecule has 0 spiro atoms. The summed E-state index contributed by atoms with van der Waals surface area (Å²) in [5.41, 5.74) is 1.01. The van der Waals surface area contributed by atoms with Gasteiger partial charge in [-0.1, -0.05) is 6.92 Å². The Morgan fingerprint density at radius 1 is 1.39 bits per heavy atom. The van der Waals surface area contributed by atoms with Crippen LogP contribution in [0.5, 0.6) is 0 Å². The standard InChI is InChI=1S/C12H18N4O2/c1-3-5-15-11(17)8-16-9-4-6-14-10(7-9)12(18)13-2/h4,6-7H,3,5,8H2,1-2H3,(H,13,18)(H,14,16)(H,15,17). The maximum Gasteiger partial charge on any atom is 0.269 e. The third-order valence-electron chi connectivity index (χ3n) is 2.24. The lowest BCUT2D eigenvalue weighted by Gasteiger charge is -2.07. The Labute approximate surface area is 106 Å². The quantitative estimate of drug-likeness (QED) is 0.681. The first-order chi connectivity index (χ1) is 8.67. The van der Waals surface area contributed by atoms with Crippen molar-refractivity contribution in [2.75, 3.05) is 25.5 Å². The maximum absolute atomic E-state index is 11.4. The van der Waals surface area contributed by atoms with E-state index in [4.69, 9.17) is 0 Å². The molecule has 1 heterocycles. The average Bonchev–Trinajstić information content (AvgIpc) is 2.42. The topological polar surface area (TPSA) is 83.1 Å². The smallest absolute Gasteiger partial charge is 0.269 e. The molecule has 0 aliphatic carbocycles. The van der Waals surface area contributed by atoms with Crippen molar-refractivity contribution < 1.29 is 9.59 Å². The molecule has 1 aromatic rings. The molecule has 1 aromatic heterocycles. The van der Waals surface area contributed by atoms with Crippen LogP contribution in [0.2, 0.25) is 0 Å². The summed E-state index contributed by atoms with van der Waals surface area (Å²) >= 11 is 0. The lowest BCUT2D eigenvalue weighted by Crippen LogP contribution is -2.30. The maximum atomic E-state index is 11.4. The average molecular weight is 250 g/mol. The summed E-state index contributed by atoms with van der Waals surface area (Å²) in [6.45, 7) is 2.84. The van der Waals surface area contributed by atoms with Gasteiger partial charge >= 0.3 is 0 Å². The van der Waals surface area contributed by atoms with Crippen molar-refractivity contribution in [1.82, 2.24) is 15.6 Å². The van der Waals surface area contributed by atoms with Gasteiger partial charge in [-0.15, -0.1) is 0 Å². The molecular formula is C12H18N4O2. The van der Waals surface area contributed by atoms with Crippen molar-refractivity contribution in [3.8, 4) is 0 Å². The molecule has 0 unspecified atom stereocenters. The van der Waals surface area contributed by atoms with Crippen LogP contribution in [0.4, 0.5) is 5.69 Å². The molecule has 0 aliphatic rings. The monoisotopic (exact) mass is 250 g/mol. The number of carbonyl (C=O) groups excluding carboxylic acids is 2. The van der Waals surface area contributed by atoms with Crippen molar-refractivity contribution in [2.45, 2.75) is 13.3 Å². The molecule has 18 heavy (non-hydrogen) atoms. The van der Waals surface area contributed by atoms with Crippen LogP contribution in [-0.4, -0.2) is 36.9 Å². The van der Waals surface area contributed by atoms with Gasteiger partial charge in [0.2, 0.25) is 5.91 Å². The van der Waals surface area contributed by atoms with Gasteiger partial charge in [-0.05, 0) is 18.6 Å². The minimum atomic E-state index is -0.255. The Morgan fingerprint density at radius 2 is 2.17 bits per heavy atom. The van der Waals surface area contributed by atoms with Crippen LogP contribution in [0.15, 0.2) is 18.3 Å². The summed E-state index contributed by atoms with van der Waals surface area (Å²) in [5, 5.41) is 8.19. The molecule has 98 valence electrons. The predicted octanol–water partition coefficient (Wildman–Crippen LogP) is 0.379. The molecule has 2 amide bonds. The van der Waals surface area contributed by atoms with E-state index in [-0.39, 0.29) is 18.4 Å². The number of amides is 2. The Balaban J connectivity index is 2.52. The largest absolute Gasteiger partial charge is 0.376 e. The van der Waals surface area contributed by atoms with Gasteiger partial charge in [-0.3, -0.25) is 14.6 Å². The second-order valence-electron chi connectivity index (χ2n) is 3.71. The van der Waals surface area contributed by atoms with E-state index < -0.39 is 0 Å². The van der Waals surface area contributed by atoms with E-state index >= 15 is 0 Å². The highest BCUT2D eigenvalue weighted by atomic mass is 16.2. The van der Waals surface area contributed by atoms with Crippen molar-refractivity contribution in [3.05, 3.63) is 24.0 Å². The van der Waals surface area contributed by atoms with Gasteiger partial charge in [0.1, 0.15) is 5.69 Å². The van der Waals surface area contributed by atoms with Crippen LogP contribution in [-0.2, 0) is 4.79 Å². The molecular weight excluding hydrogens is 232 g/mol. The molecule has 0 radical (unpaired) electrons. The van der Waals surface area contributed by atoms with Crippen molar-refractivity contribution >= 4 is 17.5 Å². The fourth-order valence-corrected chi connectivity index (χ4v) is 1.30. The van der Waals surface area contributed by atoms with Gasteiger partial charge in [0.15, 0.2) is 0 Å². The third kappa shape index (κ3) is 4.40. The third-order valence-corrected chi connectivity index (χ3v) is 2.24. The fraction of sp³-hybridized carbons (Fsp3) is 0.417. The number of anilines is 1. The van der Waals surface area contributed by atoms with Crippen LogP contribution in [0, 0.1) is 0 Å². The van der Waals surface area contributed by atoms with Crippen LogP contribution in [0.1, 0.15) is 23.8 Å². The van der Waals surface area contributed by atoms with Crippen molar-refractivity contribution in [1.29, 1.82) is 0 Å². The lowest BCUT2D eigenvalue weighted by atomic mass is 10.3. The van der Waals surface area contributed by atoms with Crippen molar-refractivity contribution in [2.24, 2.45) is 0 Å². The molecule has 0 bridgehead atoms. The van der Waals surface area contributed by atoms with E-state index in [1.807, 2.05) is 6.92 Å². The molecule has 0 fully saturated rings. The number of carbonyl (C=O) groups is 2. The van der Waals surface area contributed by atoms with Gasteiger partial charge < -0.3 is 16.0 Å². The zero-order chi connectivity index (χ0) is 13.4. The highest BCUT2D eigenvalue weighted by Crippen LogP contribution is 2.07. The number of hydrogen-bond donors (Lipinski definition) is 3. The summed E-state index contributed by atoms with van der Waals surface area (Å²) in [7, 11) is 1.54. The number of hydrogen-bond acceptors (Lipinski definition) is 4. The highest BCUT2D eigenvalue weighted by Gasteiger charge is 2.06. The molecule has 0 aromatic carbocycles. The molecule has 0 saturated heterocycles. The summed E-state index contributed by atoms with van der Waals surface area (Å²) in [5.74, 6) is -0.329.